The van der Waals surface area contributed by atoms with E-state index in [0.29, 0.717) is 6.54 Å². The Morgan fingerprint density at radius 3 is 2.69 bits per heavy atom. The van der Waals surface area contributed by atoms with Gasteiger partial charge >= 0.3 is 6.03 Å². The third kappa shape index (κ3) is 3.93. The number of amides is 2. The summed E-state index contributed by atoms with van der Waals surface area (Å²) in [6.45, 7) is 5.70. The third-order valence-electron chi connectivity index (χ3n) is 4.97. The summed E-state index contributed by atoms with van der Waals surface area (Å²) in [6, 6.07) is 16.2. The lowest BCUT2D eigenvalue weighted by molar-refractivity contribution is 0.237. The molecule has 2 aromatic rings. The smallest absolute Gasteiger partial charge is 0.315 e. The molecule has 0 aromatic heterocycles. The van der Waals surface area contributed by atoms with Crippen LogP contribution in [0.25, 0.3) is 0 Å². The SMILES string of the molecule is COc1ccccc1C(C)NC(=O)NCC(C)N1CCc2ccccc21. The van der Waals surface area contributed by atoms with E-state index in [0.717, 1.165) is 24.3 Å². The Hall–Kier alpha value is -2.69. The zero-order valence-corrected chi connectivity index (χ0v) is 15.7. The van der Waals surface area contributed by atoms with Gasteiger partial charge in [-0.2, -0.15) is 0 Å². The van der Waals surface area contributed by atoms with E-state index < -0.39 is 0 Å². The molecule has 138 valence electrons. The van der Waals surface area contributed by atoms with Gasteiger partial charge in [0.2, 0.25) is 0 Å². The van der Waals surface area contributed by atoms with Gasteiger partial charge in [0.1, 0.15) is 5.75 Å². The first-order chi connectivity index (χ1) is 12.6. The summed E-state index contributed by atoms with van der Waals surface area (Å²) in [5.74, 6) is 0.780. The number of anilines is 1. The molecule has 5 nitrogen and oxygen atoms in total. The van der Waals surface area contributed by atoms with E-state index in [2.05, 4.69) is 46.7 Å². The van der Waals surface area contributed by atoms with Crippen LogP contribution in [-0.4, -0.2) is 32.3 Å². The van der Waals surface area contributed by atoms with Crippen LogP contribution in [-0.2, 0) is 6.42 Å². The highest BCUT2D eigenvalue weighted by Gasteiger charge is 2.23. The van der Waals surface area contributed by atoms with Crippen LogP contribution >= 0.6 is 0 Å². The van der Waals surface area contributed by atoms with E-state index in [4.69, 9.17) is 4.74 Å². The molecule has 0 aliphatic carbocycles. The first-order valence-electron chi connectivity index (χ1n) is 9.12. The lowest BCUT2D eigenvalue weighted by atomic mass is 10.1. The van der Waals surface area contributed by atoms with Gasteiger partial charge in [-0.3, -0.25) is 0 Å². The number of rotatable bonds is 6. The number of nitrogens with zero attached hydrogens (tertiary/aromatic N) is 1. The lowest BCUT2D eigenvalue weighted by Gasteiger charge is -2.28. The Bertz CT molecular complexity index is 762. The minimum Gasteiger partial charge on any atom is -0.496 e. The van der Waals surface area contributed by atoms with Gasteiger partial charge in [-0.15, -0.1) is 0 Å². The maximum Gasteiger partial charge on any atom is 0.315 e. The number of benzene rings is 2. The standard InChI is InChI=1S/C21H27N3O2/c1-15(24-13-12-17-8-4-6-10-19(17)24)14-22-21(25)23-16(2)18-9-5-7-11-20(18)26-3/h4-11,15-16H,12-14H2,1-3H3,(H2,22,23,25). The van der Waals surface area contributed by atoms with Crippen LogP contribution in [0, 0.1) is 0 Å². The highest BCUT2D eigenvalue weighted by molar-refractivity contribution is 5.74. The molecule has 0 radical (unpaired) electrons. The molecule has 3 rings (SSSR count). The Morgan fingerprint density at radius 2 is 1.88 bits per heavy atom. The molecule has 5 heteroatoms. The molecule has 0 saturated heterocycles. The Balaban J connectivity index is 1.53. The van der Waals surface area contributed by atoms with E-state index in [9.17, 15) is 4.79 Å². The summed E-state index contributed by atoms with van der Waals surface area (Å²) in [6.07, 6.45) is 1.07. The van der Waals surface area contributed by atoms with Crippen molar-refractivity contribution in [3.63, 3.8) is 0 Å². The van der Waals surface area contributed by atoms with Crippen molar-refractivity contribution in [2.45, 2.75) is 32.4 Å². The molecule has 26 heavy (non-hydrogen) atoms. The summed E-state index contributed by atoms with van der Waals surface area (Å²) in [5.41, 5.74) is 3.63. The second-order valence-electron chi connectivity index (χ2n) is 6.74. The molecule has 1 heterocycles. The van der Waals surface area contributed by atoms with Gasteiger partial charge < -0.3 is 20.3 Å². The fourth-order valence-corrected chi connectivity index (χ4v) is 3.52. The summed E-state index contributed by atoms with van der Waals surface area (Å²) >= 11 is 0. The average Bonchev–Trinajstić information content (AvgIpc) is 3.10. The summed E-state index contributed by atoms with van der Waals surface area (Å²) in [5, 5.41) is 5.98. The van der Waals surface area contributed by atoms with E-state index in [-0.39, 0.29) is 18.1 Å². The van der Waals surface area contributed by atoms with E-state index in [1.165, 1.54) is 11.3 Å². The summed E-state index contributed by atoms with van der Waals surface area (Å²) < 4.78 is 5.37. The van der Waals surface area contributed by atoms with Gasteiger partial charge in [0.25, 0.3) is 0 Å². The van der Waals surface area contributed by atoms with E-state index in [1.807, 2.05) is 31.2 Å². The van der Waals surface area contributed by atoms with Gasteiger partial charge in [-0.05, 0) is 38.0 Å². The van der Waals surface area contributed by atoms with Crippen LogP contribution in [0.4, 0.5) is 10.5 Å². The van der Waals surface area contributed by atoms with Crippen LogP contribution in [0.15, 0.2) is 48.5 Å². The van der Waals surface area contributed by atoms with Crippen molar-refractivity contribution in [1.82, 2.24) is 10.6 Å². The highest BCUT2D eigenvalue weighted by atomic mass is 16.5. The number of urea groups is 1. The molecule has 0 spiro atoms. The molecule has 0 fully saturated rings. The average molecular weight is 353 g/mol. The first kappa shape index (κ1) is 18.1. The summed E-state index contributed by atoms with van der Waals surface area (Å²) in [7, 11) is 1.64. The minimum atomic E-state index is -0.164. The van der Waals surface area contributed by atoms with Gasteiger partial charge in [-0.1, -0.05) is 36.4 Å². The van der Waals surface area contributed by atoms with Crippen molar-refractivity contribution in [3.05, 3.63) is 59.7 Å². The predicted octanol–water partition coefficient (Wildman–Crippen LogP) is 3.51. The molecular formula is C21H27N3O2. The van der Waals surface area contributed by atoms with Crippen molar-refractivity contribution in [3.8, 4) is 5.75 Å². The van der Waals surface area contributed by atoms with Crippen LogP contribution in [0.2, 0.25) is 0 Å². The molecule has 1 aliphatic heterocycles. The third-order valence-corrected chi connectivity index (χ3v) is 4.97. The minimum absolute atomic E-state index is 0.131. The number of carbonyl (C=O) groups excluding carboxylic acids is 1. The number of methoxy groups -OCH3 is 1. The highest BCUT2D eigenvalue weighted by Crippen LogP contribution is 2.29. The molecule has 0 saturated carbocycles. The Labute approximate surface area is 155 Å². The van der Waals surface area contributed by atoms with Crippen LogP contribution in [0.1, 0.15) is 31.0 Å². The normalized spacial score (nSPS) is 15.1. The number of hydrogen-bond donors (Lipinski definition) is 2. The monoisotopic (exact) mass is 353 g/mol. The molecule has 2 unspecified atom stereocenters. The number of carbonyl (C=O) groups is 1. The molecule has 0 bridgehead atoms. The number of fused-ring (bicyclic) bond motifs is 1. The van der Waals surface area contributed by atoms with Gasteiger partial charge in [0, 0.05) is 30.4 Å². The van der Waals surface area contributed by atoms with Crippen molar-refractivity contribution in [2.75, 3.05) is 25.1 Å². The fourth-order valence-electron chi connectivity index (χ4n) is 3.52. The van der Waals surface area contributed by atoms with Crippen molar-refractivity contribution in [1.29, 1.82) is 0 Å². The van der Waals surface area contributed by atoms with Gasteiger partial charge in [0.05, 0.1) is 13.2 Å². The molecule has 1 aliphatic rings. The largest absolute Gasteiger partial charge is 0.496 e. The van der Waals surface area contributed by atoms with Crippen LogP contribution in [0.5, 0.6) is 5.75 Å². The fraction of sp³-hybridized carbons (Fsp3) is 0.381. The number of ether oxygens (including phenoxy) is 1. The zero-order valence-electron chi connectivity index (χ0n) is 15.7. The molecule has 2 amide bonds. The Morgan fingerprint density at radius 1 is 1.15 bits per heavy atom. The number of hydrogen-bond acceptors (Lipinski definition) is 3. The first-order valence-corrected chi connectivity index (χ1v) is 9.12. The van der Waals surface area contributed by atoms with Crippen LogP contribution < -0.4 is 20.3 Å². The molecule has 2 atom stereocenters. The van der Waals surface area contributed by atoms with Crippen molar-refractivity contribution >= 4 is 11.7 Å². The molecule has 2 aromatic carbocycles. The lowest BCUT2D eigenvalue weighted by Crippen LogP contribution is -2.45. The van der Waals surface area contributed by atoms with Crippen molar-refractivity contribution in [2.24, 2.45) is 0 Å². The predicted molar refractivity (Wildman–Crippen MR) is 105 cm³/mol. The number of nitrogens with one attached hydrogen (secondary N) is 2. The van der Waals surface area contributed by atoms with Crippen LogP contribution in [0.3, 0.4) is 0 Å². The molecular weight excluding hydrogens is 326 g/mol. The quantitative estimate of drug-likeness (QED) is 0.836. The maximum atomic E-state index is 12.3. The Kier molecular flexibility index (Phi) is 5.66. The second kappa shape index (κ2) is 8.13. The molecule has 2 N–H and O–H groups in total. The maximum absolute atomic E-state index is 12.3. The zero-order chi connectivity index (χ0) is 18.5. The van der Waals surface area contributed by atoms with Gasteiger partial charge in [0.15, 0.2) is 0 Å². The summed E-state index contributed by atoms with van der Waals surface area (Å²) in [4.78, 5) is 14.7. The number of para-hydroxylation sites is 2. The topological polar surface area (TPSA) is 53.6 Å². The van der Waals surface area contributed by atoms with E-state index in [1.54, 1.807) is 7.11 Å². The second-order valence-corrected chi connectivity index (χ2v) is 6.74. The van der Waals surface area contributed by atoms with Gasteiger partial charge in [-0.25, -0.2) is 4.79 Å². The van der Waals surface area contributed by atoms with Crippen molar-refractivity contribution < 1.29 is 9.53 Å². The van der Waals surface area contributed by atoms with E-state index >= 15 is 0 Å².